The van der Waals surface area contributed by atoms with Crippen molar-refractivity contribution < 1.29 is 14.3 Å². The molecule has 8 heteroatoms. The van der Waals surface area contributed by atoms with Gasteiger partial charge in [0.25, 0.3) is 0 Å². The first kappa shape index (κ1) is 23.9. The lowest BCUT2D eigenvalue weighted by Gasteiger charge is -2.29. The molecule has 0 amide bonds. The van der Waals surface area contributed by atoms with Crippen LogP contribution in [0.25, 0.3) is 11.0 Å². The third kappa shape index (κ3) is 5.01. The zero-order valence-corrected chi connectivity index (χ0v) is 21.1. The lowest BCUT2D eigenvalue weighted by atomic mass is 10.1. The van der Waals surface area contributed by atoms with E-state index in [-0.39, 0.29) is 12.0 Å². The maximum absolute atomic E-state index is 11.6. The topological polar surface area (TPSA) is 68.6 Å². The molecule has 0 aliphatic rings. The number of carbonyl (C=O) groups is 1. The predicted octanol–water partition coefficient (Wildman–Crippen LogP) is 5.56. The Morgan fingerprint density at radius 2 is 2.03 bits per heavy atom. The van der Waals surface area contributed by atoms with Crippen molar-refractivity contribution in [3.05, 3.63) is 40.4 Å². The van der Waals surface area contributed by atoms with Gasteiger partial charge in [-0.25, -0.2) is 4.98 Å². The van der Waals surface area contributed by atoms with Crippen molar-refractivity contribution >= 4 is 50.3 Å². The van der Waals surface area contributed by atoms with Gasteiger partial charge in [0.05, 0.1) is 36.6 Å². The van der Waals surface area contributed by atoms with E-state index in [1.165, 1.54) is 7.11 Å². The van der Waals surface area contributed by atoms with Crippen LogP contribution in [0, 0.1) is 6.92 Å². The van der Waals surface area contributed by atoms with Crippen molar-refractivity contribution in [2.75, 3.05) is 31.0 Å². The molecule has 0 bridgehead atoms. The Bertz CT molecular complexity index is 1110. The van der Waals surface area contributed by atoms with Gasteiger partial charge in [-0.05, 0) is 57.0 Å². The van der Waals surface area contributed by atoms with Crippen LogP contribution >= 0.6 is 15.9 Å². The van der Waals surface area contributed by atoms with E-state index < -0.39 is 0 Å². The van der Waals surface area contributed by atoms with Gasteiger partial charge in [-0.1, -0.05) is 22.0 Å². The van der Waals surface area contributed by atoms with Crippen LogP contribution in [0.1, 0.15) is 32.3 Å². The van der Waals surface area contributed by atoms with Gasteiger partial charge in [0.2, 0.25) is 5.95 Å². The molecule has 0 saturated heterocycles. The molecule has 1 heterocycles. The number of nitrogens with one attached hydrogen (secondary N) is 1. The molecular formula is C24H31BrN4O3. The third-order valence-electron chi connectivity index (χ3n) is 5.53. The molecule has 1 aromatic heterocycles. The molecule has 0 unspecified atom stereocenters. The van der Waals surface area contributed by atoms with E-state index >= 15 is 0 Å². The number of hydrogen-bond acceptors (Lipinski definition) is 6. The van der Waals surface area contributed by atoms with Crippen LogP contribution in [0.3, 0.4) is 0 Å². The lowest BCUT2D eigenvalue weighted by molar-refractivity contribution is -0.140. The Labute approximate surface area is 197 Å². The standard InChI is InChI=1S/C24H31BrN4O3/c1-15(2)29(12-8-11-21(30)32-6)19-10-7-9-18-23(19)28(4)24(26-18)27-22-16(3)13-17(25)14-20(22)31-5/h7,9-10,13-15H,8,11-12H2,1-6H3,(H,26,27). The van der Waals surface area contributed by atoms with E-state index in [2.05, 4.69) is 50.6 Å². The van der Waals surface area contributed by atoms with E-state index in [9.17, 15) is 4.79 Å². The summed E-state index contributed by atoms with van der Waals surface area (Å²) in [6.45, 7) is 7.09. The lowest BCUT2D eigenvalue weighted by Crippen LogP contribution is -2.32. The first-order valence-electron chi connectivity index (χ1n) is 10.7. The monoisotopic (exact) mass is 502 g/mol. The molecule has 0 fully saturated rings. The Balaban J connectivity index is 1.99. The van der Waals surface area contributed by atoms with Crippen LogP contribution in [0.2, 0.25) is 0 Å². The molecule has 3 aromatic rings. The first-order valence-corrected chi connectivity index (χ1v) is 11.5. The highest BCUT2D eigenvalue weighted by Gasteiger charge is 2.20. The van der Waals surface area contributed by atoms with Gasteiger partial charge in [0, 0.05) is 30.5 Å². The Kier molecular flexibility index (Phi) is 7.66. The van der Waals surface area contributed by atoms with Crippen LogP contribution in [0.4, 0.5) is 17.3 Å². The Hall–Kier alpha value is -2.74. The molecule has 1 N–H and O–H groups in total. The van der Waals surface area contributed by atoms with Crippen molar-refractivity contribution in [3.63, 3.8) is 0 Å². The van der Waals surface area contributed by atoms with E-state index in [0.717, 1.165) is 57.1 Å². The summed E-state index contributed by atoms with van der Waals surface area (Å²) in [5.74, 6) is 1.29. The van der Waals surface area contributed by atoms with E-state index in [0.29, 0.717) is 6.42 Å². The number of nitrogens with zero attached hydrogens (tertiary/aromatic N) is 3. The molecule has 7 nitrogen and oxygen atoms in total. The molecule has 0 radical (unpaired) electrons. The van der Waals surface area contributed by atoms with Crippen molar-refractivity contribution in [3.8, 4) is 5.75 Å². The minimum Gasteiger partial charge on any atom is -0.495 e. The highest BCUT2D eigenvalue weighted by atomic mass is 79.9. The van der Waals surface area contributed by atoms with E-state index in [4.69, 9.17) is 14.5 Å². The smallest absolute Gasteiger partial charge is 0.305 e. The van der Waals surface area contributed by atoms with Crippen LogP contribution < -0.4 is 15.0 Å². The number of halogens is 1. The number of imidazole rings is 1. The van der Waals surface area contributed by atoms with Crippen LogP contribution in [-0.4, -0.2) is 42.3 Å². The minimum atomic E-state index is -0.183. The number of carbonyl (C=O) groups excluding carboxylic acids is 1. The van der Waals surface area contributed by atoms with Gasteiger partial charge in [0.1, 0.15) is 5.75 Å². The van der Waals surface area contributed by atoms with Gasteiger partial charge in [-0.15, -0.1) is 0 Å². The van der Waals surface area contributed by atoms with Crippen molar-refractivity contribution in [2.45, 2.75) is 39.7 Å². The van der Waals surface area contributed by atoms with Gasteiger partial charge in [0.15, 0.2) is 0 Å². The number of esters is 1. The van der Waals surface area contributed by atoms with Crippen molar-refractivity contribution in [2.24, 2.45) is 7.05 Å². The SMILES string of the molecule is COC(=O)CCCN(c1cccc2nc(Nc3c(C)cc(Br)cc3OC)n(C)c12)C(C)C. The van der Waals surface area contributed by atoms with Gasteiger partial charge >= 0.3 is 5.97 Å². The number of hydrogen-bond donors (Lipinski definition) is 1. The maximum Gasteiger partial charge on any atom is 0.305 e. The molecule has 0 atom stereocenters. The summed E-state index contributed by atoms with van der Waals surface area (Å²) in [6.07, 6.45) is 1.12. The van der Waals surface area contributed by atoms with Crippen LogP contribution in [-0.2, 0) is 16.6 Å². The van der Waals surface area contributed by atoms with Crippen molar-refractivity contribution in [1.29, 1.82) is 0 Å². The third-order valence-corrected chi connectivity index (χ3v) is 5.99. The summed E-state index contributed by atoms with van der Waals surface area (Å²) in [5.41, 5.74) is 4.96. The highest BCUT2D eigenvalue weighted by molar-refractivity contribution is 9.10. The molecule has 0 saturated carbocycles. The fourth-order valence-electron chi connectivity index (χ4n) is 3.89. The molecular weight excluding hydrogens is 472 g/mol. The summed E-state index contributed by atoms with van der Waals surface area (Å²) in [5, 5.41) is 3.46. The molecule has 3 rings (SSSR count). The quantitative estimate of drug-likeness (QED) is 0.386. The zero-order chi connectivity index (χ0) is 23.4. The van der Waals surface area contributed by atoms with Crippen LogP contribution in [0.15, 0.2) is 34.8 Å². The average molecular weight is 503 g/mol. The fraction of sp³-hybridized carbons (Fsp3) is 0.417. The maximum atomic E-state index is 11.6. The van der Waals surface area contributed by atoms with Crippen LogP contribution in [0.5, 0.6) is 5.75 Å². The summed E-state index contributed by atoms with van der Waals surface area (Å²) in [4.78, 5) is 18.7. The number of fused-ring (bicyclic) bond motifs is 1. The number of methoxy groups -OCH3 is 2. The second kappa shape index (κ2) is 10.3. The van der Waals surface area contributed by atoms with Gasteiger partial charge in [-0.3, -0.25) is 4.79 Å². The molecule has 0 spiro atoms. The summed E-state index contributed by atoms with van der Waals surface area (Å²) in [6, 6.07) is 10.4. The number of para-hydroxylation sites is 1. The number of anilines is 3. The predicted molar refractivity (Wildman–Crippen MR) is 133 cm³/mol. The first-order chi connectivity index (χ1) is 15.3. The largest absolute Gasteiger partial charge is 0.495 e. The second-order valence-electron chi connectivity index (χ2n) is 8.03. The Morgan fingerprint density at radius 1 is 1.28 bits per heavy atom. The number of benzene rings is 2. The number of rotatable bonds is 9. The van der Waals surface area contributed by atoms with E-state index in [1.54, 1.807) is 7.11 Å². The fourth-order valence-corrected chi connectivity index (χ4v) is 4.44. The summed E-state index contributed by atoms with van der Waals surface area (Å²) < 4.78 is 13.4. The summed E-state index contributed by atoms with van der Waals surface area (Å²) >= 11 is 3.53. The molecule has 172 valence electrons. The molecule has 0 aliphatic carbocycles. The highest BCUT2D eigenvalue weighted by Crippen LogP contribution is 2.36. The number of aryl methyl sites for hydroxylation is 2. The van der Waals surface area contributed by atoms with E-state index in [1.807, 2.05) is 38.2 Å². The number of ether oxygens (including phenoxy) is 2. The zero-order valence-electron chi connectivity index (χ0n) is 19.5. The molecule has 0 aliphatic heterocycles. The second-order valence-corrected chi connectivity index (χ2v) is 8.95. The Morgan fingerprint density at radius 3 is 2.69 bits per heavy atom. The van der Waals surface area contributed by atoms with Crippen molar-refractivity contribution in [1.82, 2.24) is 9.55 Å². The normalized spacial score (nSPS) is 11.1. The minimum absolute atomic E-state index is 0.183. The van der Waals surface area contributed by atoms with Gasteiger partial charge in [-0.2, -0.15) is 0 Å². The molecule has 32 heavy (non-hydrogen) atoms. The van der Waals surface area contributed by atoms with Gasteiger partial charge < -0.3 is 24.3 Å². The average Bonchev–Trinajstić information content (AvgIpc) is 3.08. The number of aromatic nitrogens is 2. The summed E-state index contributed by atoms with van der Waals surface area (Å²) in [7, 11) is 5.10. The molecule has 2 aromatic carbocycles.